The molecule has 1 aromatic rings. The van der Waals surface area contributed by atoms with Gasteiger partial charge in [-0.15, -0.1) is 0 Å². The molecule has 2 unspecified atom stereocenters. The van der Waals surface area contributed by atoms with Gasteiger partial charge in [-0.2, -0.15) is 0 Å². The standard InChI is InChI=1S/C14H21N2O6P/c15-11(9-10-5-2-1-3-6-10)13(17)16-12(14(18)19)7-4-8-23(20,21)22/h1-3,5-6,11-12H,4,7-9,15H2,(H,16,17)(H,18,19)(H2,20,21,22). The van der Waals surface area contributed by atoms with Crippen LogP contribution < -0.4 is 11.1 Å². The summed E-state index contributed by atoms with van der Waals surface area (Å²) in [7, 11) is -4.18. The first-order chi connectivity index (χ1) is 10.7. The Labute approximate surface area is 133 Å². The van der Waals surface area contributed by atoms with Crippen LogP contribution in [0.3, 0.4) is 0 Å². The molecule has 6 N–H and O–H groups in total. The van der Waals surface area contributed by atoms with Crippen molar-refractivity contribution in [1.82, 2.24) is 5.32 Å². The van der Waals surface area contributed by atoms with Gasteiger partial charge in [0, 0.05) is 6.16 Å². The zero-order valence-corrected chi connectivity index (χ0v) is 13.4. The van der Waals surface area contributed by atoms with Gasteiger partial charge >= 0.3 is 13.6 Å². The number of benzene rings is 1. The van der Waals surface area contributed by atoms with Crippen molar-refractivity contribution < 1.29 is 29.0 Å². The third-order valence-electron chi connectivity index (χ3n) is 3.19. The Morgan fingerprint density at radius 2 is 1.83 bits per heavy atom. The topological polar surface area (TPSA) is 150 Å². The van der Waals surface area contributed by atoms with Gasteiger partial charge in [0.05, 0.1) is 6.04 Å². The molecule has 128 valence electrons. The molecular weight excluding hydrogens is 323 g/mol. The summed E-state index contributed by atoms with van der Waals surface area (Å²) >= 11 is 0. The van der Waals surface area contributed by atoms with Gasteiger partial charge in [-0.25, -0.2) is 4.79 Å². The first-order valence-electron chi connectivity index (χ1n) is 7.06. The SMILES string of the molecule is NC(Cc1ccccc1)C(=O)NC(CCCP(=O)(O)O)C(=O)O. The molecule has 1 aromatic carbocycles. The van der Waals surface area contributed by atoms with E-state index in [9.17, 15) is 14.2 Å². The number of nitrogens with two attached hydrogens (primary N) is 1. The minimum atomic E-state index is -4.18. The zero-order chi connectivity index (χ0) is 17.5. The number of hydrogen-bond donors (Lipinski definition) is 5. The molecule has 9 heteroatoms. The van der Waals surface area contributed by atoms with E-state index in [2.05, 4.69) is 5.32 Å². The van der Waals surface area contributed by atoms with Crippen LogP contribution >= 0.6 is 7.60 Å². The van der Waals surface area contributed by atoms with Crippen LogP contribution in [0.25, 0.3) is 0 Å². The summed E-state index contributed by atoms with van der Waals surface area (Å²) in [6.07, 6.45) is -0.260. The summed E-state index contributed by atoms with van der Waals surface area (Å²) < 4.78 is 10.8. The van der Waals surface area contributed by atoms with Crippen LogP contribution in [0, 0.1) is 0 Å². The van der Waals surface area contributed by atoms with E-state index in [0.717, 1.165) is 5.56 Å². The van der Waals surface area contributed by atoms with Gasteiger partial charge in [-0.1, -0.05) is 30.3 Å². The van der Waals surface area contributed by atoms with Crippen LogP contribution in [-0.4, -0.2) is 45.0 Å². The average molecular weight is 344 g/mol. The lowest BCUT2D eigenvalue weighted by Gasteiger charge is -2.18. The Bertz CT molecular complexity index is 574. The first kappa shape index (κ1) is 19.3. The minimum absolute atomic E-state index is 0.0184. The summed E-state index contributed by atoms with van der Waals surface area (Å²) in [5.41, 5.74) is 6.62. The molecule has 0 aliphatic carbocycles. The van der Waals surface area contributed by atoms with E-state index >= 15 is 0 Å². The number of nitrogens with one attached hydrogen (secondary N) is 1. The molecule has 0 saturated heterocycles. The van der Waals surface area contributed by atoms with Gasteiger partial charge in [0.25, 0.3) is 0 Å². The van der Waals surface area contributed by atoms with Gasteiger partial charge in [0.15, 0.2) is 0 Å². The molecule has 0 saturated carbocycles. The van der Waals surface area contributed by atoms with E-state index in [1.165, 1.54) is 0 Å². The molecule has 8 nitrogen and oxygen atoms in total. The normalized spacial score (nSPS) is 14.0. The molecular formula is C14H21N2O6P. The average Bonchev–Trinajstić information content (AvgIpc) is 2.45. The second-order valence-corrected chi connectivity index (χ2v) is 7.00. The van der Waals surface area contributed by atoms with E-state index in [4.69, 9.17) is 20.6 Å². The van der Waals surface area contributed by atoms with Crippen molar-refractivity contribution in [3.05, 3.63) is 35.9 Å². The smallest absolute Gasteiger partial charge is 0.326 e. The minimum Gasteiger partial charge on any atom is -0.480 e. The molecule has 1 amide bonds. The number of carboxylic acids is 1. The van der Waals surface area contributed by atoms with E-state index in [-0.39, 0.29) is 19.3 Å². The summed E-state index contributed by atoms with van der Waals surface area (Å²) in [5.74, 6) is -1.88. The number of amides is 1. The van der Waals surface area contributed by atoms with Crippen LogP contribution in [0.2, 0.25) is 0 Å². The highest BCUT2D eigenvalue weighted by atomic mass is 31.2. The second-order valence-electron chi connectivity index (χ2n) is 5.23. The van der Waals surface area contributed by atoms with Crippen molar-refractivity contribution in [3.63, 3.8) is 0 Å². The maximum atomic E-state index is 12.0. The van der Waals surface area contributed by atoms with Gasteiger partial charge in [0.2, 0.25) is 5.91 Å². The van der Waals surface area contributed by atoms with E-state index in [0.29, 0.717) is 0 Å². The fourth-order valence-corrected chi connectivity index (χ4v) is 2.59. The molecule has 2 atom stereocenters. The monoisotopic (exact) mass is 344 g/mol. The summed E-state index contributed by atoms with van der Waals surface area (Å²) in [6, 6.07) is 6.93. The van der Waals surface area contributed by atoms with Gasteiger partial charge in [0.1, 0.15) is 6.04 Å². The molecule has 0 aliphatic rings. The Kier molecular flexibility index (Phi) is 7.38. The molecule has 0 fully saturated rings. The fraction of sp³-hybridized carbons (Fsp3) is 0.429. The van der Waals surface area contributed by atoms with Gasteiger partial charge in [-0.3, -0.25) is 9.36 Å². The highest BCUT2D eigenvalue weighted by molar-refractivity contribution is 7.51. The number of rotatable bonds is 9. The summed E-state index contributed by atoms with van der Waals surface area (Å²) in [5, 5.41) is 11.4. The second kappa shape index (κ2) is 8.79. The summed E-state index contributed by atoms with van der Waals surface area (Å²) in [6.45, 7) is 0. The zero-order valence-electron chi connectivity index (χ0n) is 12.5. The molecule has 23 heavy (non-hydrogen) atoms. The van der Waals surface area contributed by atoms with E-state index in [1.54, 1.807) is 0 Å². The number of aliphatic carboxylic acids is 1. The van der Waals surface area contributed by atoms with Gasteiger partial charge < -0.3 is 25.9 Å². The van der Waals surface area contributed by atoms with Crippen molar-refractivity contribution in [3.8, 4) is 0 Å². The van der Waals surface area contributed by atoms with Crippen LogP contribution in [0.5, 0.6) is 0 Å². The van der Waals surface area contributed by atoms with Crippen LogP contribution in [-0.2, 0) is 20.6 Å². The van der Waals surface area contributed by atoms with Crippen molar-refractivity contribution in [2.75, 3.05) is 6.16 Å². The fourth-order valence-electron chi connectivity index (χ4n) is 2.00. The molecule has 1 rings (SSSR count). The highest BCUT2D eigenvalue weighted by Gasteiger charge is 2.24. The molecule has 0 spiro atoms. The molecule has 0 aromatic heterocycles. The van der Waals surface area contributed by atoms with Crippen LogP contribution in [0.15, 0.2) is 30.3 Å². The van der Waals surface area contributed by atoms with Crippen molar-refractivity contribution >= 4 is 19.5 Å². The third kappa shape index (κ3) is 7.90. The number of carboxylic acid groups (broad SMARTS) is 1. The Balaban J connectivity index is 2.53. The van der Waals surface area contributed by atoms with E-state index in [1.807, 2.05) is 30.3 Å². The van der Waals surface area contributed by atoms with Crippen molar-refractivity contribution in [2.24, 2.45) is 5.73 Å². The number of carbonyl (C=O) groups is 2. The van der Waals surface area contributed by atoms with Crippen molar-refractivity contribution in [1.29, 1.82) is 0 Å². The quantitative estimate of drug-likeness (QED) is 0.398. The molecule has 0 heterocycles. The molecule has 0 radical (unpaired) electrons. The first-order valence-corrected chi connectivity index (χ1v) is 8.86. The lowest BCUT2D eigenvalue weighted by atomic mass is 10.1. The summed E-state index contributed by atoms with van der Waals surface area (Å²) in [4.78, 5) is 40.6. The maximum absolute atomic E-state index is 12.0. The molecule has 0 aliphatic heterocycles. The third-order valence-corrected chi connectivity index (χ3v) is 4.09. The Morgan fingerprint density at radius 1 is 1.22 bits per heavy atom. The van der Waals surface area contributed by atoms with Gasteiger partial charge in [-0.05, 0) is 24.8 Å². The predicted molar refractivity (Wildman–Crippen MR) is 83.8 cm³/mol. The molecule has 0 bridgehead atoms. The Morgan fingerprint density at radius 3 is 2.35 bits per heavy atom. The lowest BCUT2D eigenvalue weighted by Crippen LogP contribution is -2.49. The highest BCUT2D eigenvalue weighted by Crippen LogP contribution is 2.35. The van der Waals surface area contributed by atoms with Crippen molar-refractivity contribution in [2.45, 2.75) is 31.3 Å². The number of carbonyl (C=O) groups excluding carboxylic acids is 1. The van der Waals surface area contributed by atoms with Crippen LogP contribution in [0.4, 0.5) is 0 Å². The number of hydrogen-bond acceptors (Lipinski definition) is 4. The Hall–Kier alpha value is -1.73. The maximum Gasteiger partial charge on any atom is 0.326 e. The van der Waals surface area contributed by atoms with E-state index < -0.39 is 37.7 Å². The largest absolute Gasteiger partial charge is 0.480 e. The lowest BCUT2D eigenvalue weighted by molar-refractivity contribution is -0.142. The predicted octanol–water partition coefficient (Wildman–Crippen LogP) is 0.0837. The van der Waals surface area contributed by atoms with Crippen LogP contribution in [0.1, 0.15) is 18.4 Å².